The van der Waals surface area contributed by atoms with Crippen LogP contribution in [-0.2, 0) is 11.3 Å². The Bertz CT molecular complexity index is 328. The first-order valence-corrected chi connectivity index (χ1v) is 4.96. The van der Waals surface area contributed by atoms with E-state index in [1.807, 2.05) is 20.9 Å². The number of nitrogens with zero attached hydrogens (tertiary/aromatic N) is 1. The van der Waals surface area contributed by atoms with E-state index >= 15 is 0 Å². The molecule has 0 saturated carbocycles. The van der Waals surface area contributed by atoms with Gasteiger partial charge in [-0.25, -0.2) is 4.98 Å². The van der Waals surface area contributed by atoms with Crippen molar-refractivity contribution in [2.75, 3.05) is 13.6 Å². The molecule has 5 nitrogen and oxygen atoms in total. The zero-order chi connectivity index (χ0) is 11.3. The zero-order valence-corrected chi connectivity index (χ0v) is 10.6. The third kappa shape index (κ3) is 4.20. The summed E-state index contributed by atoms with van der Waals surface area (Å²) in [4.78, 5) is 15.5. The van der Waals surface area contributed by atoms with Gasteiger partial charge in [0.05, 0.1) is 6.54 Å². The van der Waals surface area contributed by atoms with E-state index in [2.05, 4.69) is 15.6 Å². The third-order valence-corrected chi connectivity index (χ3v) is 2.23. The molecule has 1 rings (SSSR count). The standard InChI is InChI=1S/C10H17N3O2.ClH/c1-7(4-11-3)10(14)12-5-9-8(2)15-6-13-9;/h6-7,11H,4-5H2,1-3H3,(H,12,14);1H. The van der Waals surface area contributed by atoms with Crippen molar-refractivity contribution in [3.05, 3.63) is 17.8 Å². The fraction of sp³-hybridized carbons (Fsp3) is 0.600. The van der Waals surface area contributed by atoms with Crippen molar-refractivity contribution in [1.82, 2.24) is 15.6 Å². The Morgan fingerprint density at radius 1 is 1.62 bits per heavy atom. The molecule has 0 aliphatic rings. The summed E-state index contributed by atoms with van der Waals surface area (Å²) in [6.07, 6.45) is 1.38. The van der Waals surface area contributed by atoms with Gasteiger partial charge in [-0.1, -0.05) is 6.92 Å². The van der Waals surface area contributed by atoms with Gasteiger partial charge in [0.1, 0.15) is 11.5 Å². The lowest BCUT2D eigenvalue weighted by Crippen LogP contribution is -2.34. The third-order valence-electron chi connectivity index (χ3n) is 2.23. The molecule has 2 N–H and O–H groups in total. The van der Waals surface area contributed by atoms with Crippen LogP contribution >= 0.6 is 12.4 Å². The number of hydrogen-bond acceptors (Lipinski definition) is 4. The maximum absolute atomic E-state index is 11.5. The zero-order valence-electron chi connectivity index (χ0n) is 9.74. The van der Waals surface area contributed by atoms with E-state index in [0.717, 1.165) is 11.5 Å². The average molecular weight is 248 g/mol. The summed E-state index contributed by atoms with van der Waals surface area (Å²) in [5, 5.41) is 5.77. The number of amides is 1. The van der Waals surface area contributed by atoms with Crippen LogP contribution in [0.2, 0.25) is 0 Å². The molecule has 0 spiro atoms. The van der Waals surface area contributed by atoms with Gasteiger partial charge in [-0.05, 0) is 14.0 Å². The van der Waals surface area contributed by atoms with Crippen LogP contribution in [0.4, 0.5) is 0 Å². The molecular weight excluding hydrogens is 230 g/mol. The minimum Gasteiger partial charge on any atom is -0.448 e. The van der Waals surface area contributed by atoms with E-state index in [4.69, 9.17) is 4.42 Å². The average Bonchev–Trinajstić information content (AvgIpc) is 2.61. The molecule has 1 aromatic rings. The van der Waals surface area contributed by atoms with Gasteiger partial charge < -0.3 is 15.1 Å². The van der Waals surface area contributed by atoms with Crippen LogP contribution in [0.1, 0.15) is 18.4 Å². The van der Waals surface area contributed by atoms with Gasteiger partial charge in [-0.2, -0.15) is 0 Å². The lowest BCUT2D eigenvalue weighted by molar-refractivity contribution is -0.124. The fourth-order valence-corrected chi connectivity index (χ4v) is 1.24. The smallest absolute Gasteiger partial charge is 0.224 e. The van der Waals surface area contributed by atoms with Gasteiger partial charge in [-0.3, -0.25) is 4.79 Å². The molecule has 0 aliphatic carbocycles. The van der Waals surface area contributed by atoms with E-state index in [-0.39, 0.29) is 24.2 Å². The molecule has 0 saturated heterocycles. The van der Waals surface area contributed by atoms with Gasteiger partial charge in [0.15, 0.2) is 6.39 Å². The van der Waals surface area contributed by atoms with Crippen LogP contribution in [0.15, 0.2) is 10.8 Å². The van der Waals surface area contributed by atoms with Gasteiger partial charge in [0, 0.05) is 12.5 Å². The van der Waals surface area contributed by atoms with Crippen molar-refractivity contribution >= 4 is 18.3 Å². The number of carbonyl (C=O) groups excluding carboxylic acids is 1. The lowest BCUT2D eigenvalue weighted by atomic mass is 10.1. The summed E-state index contributed by atoms with van der Waals surface area (Å²) in [5.74, 6) is 0.727. The van der Waals surface area contributed by atoms with Gasteiger partial charge in [0.25, 0.3) is 0 Å². The normalized spacial score (nSPS) is 11.7. The number of halogens is 1. The van der Waals surface area contributed by atoms with Gasteiger partial charge in [-0.15, -0.1) is 12.4 Å². The predicted octanol–water partition coefficient (Wildman–Crippen LogP) is 0.877. The van der Waals surface area contributed by atoms with Crippen molar-refractivity contribution in [2.24, 2.45) is 5.92 Å². The first kappa shape index (κ1) is 14.9. The highest BCUT2D eigenvalue weighted by molar-refractivity contribution is 5.85. The number of oxazole rings is 1. The highest BCUT2D eigenvalue weighted by Crippen LogP contribution is 2.04. The van der Waals surface area contributed by atoms with Crippen LogP contribution in [0.3, 0.4) is 0 Å². The number of aromatic nitrogens is 1. The summed E-state index contributed by atoms with van der Waals surface area (Å²) < 4.78 is 5.03. The monoisotopic (exact) mass is 247 g/mol. The van der Waals surface area contributed by atoms with E-state index in [1.54, 1.807) is 0 Å². The second-order valence-electron chi connectivity index (χ2n) is 3.53. The predicted molar refractivity (Wildman–Crippen MR) is 63.4 cm³/mol. The molecule has 6 heteroatoms. The van der Waals surface area contributed by atoms with Crippen molar-refractivity contribution in [2.45, 2.75) is 20.4 Å². The van der Waals surface area contributed by atoms with E-state index < -0.39 is 0 Å². The second-order valence-corrected chi connectivity index (χ2v) is 3.53. The molecule has 0 bridgehead atoms. The summed E-state index contributed by atoms with van der Waals surface area (Å²) in [7, 11) is 1.82. The quantitative estimate of drug-likeness (QED) is 0.811. The molecule has 1 amide bonds. The molecule has 1 unspecified atom stereocenters. The van der Waals surface area contributed by atoms with Crippen molar-refractivity contribution in [3.8, 4) is 0 Å². The van der Waals surface area contributed by atoms with Gasteiger partial charge in [0.2, 0.25) is 5.91 Å². The first-order valence-electron chi connectivity index (χ1n) is 4.96. The van der Waals surface area contributed by atoms with E-state index in [1.165, 1.54) is 6.39 Å². The number of hydrogen-bond donors (Lipinski definition) is 2. The molecular formula is C10H18ClN3O2. The Balaban J connectivity index is 0.00000225. The fourth-order valence-electron chi connectivity index (χ4n) is 1.24. The summed E-state index contributed by atoms with van der Waals surface area (Å²) >= 11 is 0. The Labute approximate surface area is 101 Å². The Morgan fingerprint density at radius 2 is 2.31 bits per heavy atom. The topological polar surface area (TPSA) is 67.2 Å². The van der Waals surface area contributed by atoms with Crippen LogP contribution in [0.5, 0.6) is 0 Å². The first-order chi connectivity index (χ1) is 7.15. The maximum Gasteiger partial charge on any atom is 0.224 e. The van der Waals surface area contributed by atoms with Gasteiger partial charge >= 0.3 is 0 Å². The SMILES string of the molecule is CNCC(C)C(=O)NCc1ncoc1C.Cl. The molecule has 0 aliphatic heterocycles. The summed E-state index contributed by atoms with van der Waals surface area (Å²) in [6, 6.07) is 0. The molecule has 92 valence electrons. The van der Waals surface area contributed by atoms with Crippen molar-refractivity contribution in [1.29, 1.82) is 0 Å². The molecule has 0 radical (unpaired) electrons. The van der Waals surface area contributed by atoms with E-state index in [9.17, 15) is 4.79 Å². The lowest BCUT2D eigenvalue weighted by Gasteiger charge is -2.10. The highest BCUT2D eigenvalue weighted by Gasteiger charge is 2.12. The van der Waals surface area contributed by atoms with Crippen LogP contribution in [-0.4, -0.2) is 24.5 Å². The number of rotatable bonds is 5. The summed E-state index contributed by atoms with van der Waals surface area (Å²) in [5.41, 5.74) is 0.778. The molecule has 1 heterocycles. The summed E-state index contributed by atoms with van der Waals surface area (Å²) in [6.45, 7) is 4.80. The Morgan fingerprint density at radius 3 is 2.81 bits per heavy atom. The maximum atomic E-state index is 11.5. The minimum atomic E-state index is -0.0396. The van der Waals surface area contributed by atoms with E-state index in [0.29, 0.717) is 13.1 Å². The largest absolute Gasteiger partial charge is 0.448 e. The van der Waals surface area contributed by atoms with Crippen molar-refractivity contribution < 1.29 is 9.21 Å². The molecule has 16 heavy (non-hydrogen) atoms. The van der Waals surface area contributed by atoms with Crippen LogP contribution < -0.4 is 10.6 Å². The molecule has 1 atom stereocenters. The minimum absolute atomic E-state index is 0. The second kappa shape index (κ2) is 7.24. The van der Waals surface area contributed by atoms with Crippen molar-refractivity contribution in [3.63, 3.8) is 0 Å². The highest BCUT2D eigenvalue weighted by atomic mass is 35.5. The number of carbonyl (C=O) groups is 1. The number of aryl methyl sites for hydroxylation is 1. The molecule has 1 aromatic heterocycles. The van der Waals surface area contributed by atoms with Crippen LogP contribution in [0.25, 0.3) is 0 Å². The Hall–Kier alpha value is -1.07. The Kier molecular flexibility index (Phi) is 6.76. The number of nitrogens with one attached hydrogen (secondary N) is 2. The van der Waals surface area contributed by atoms with Crippen LogP contribution in [0, 0.1) is 12.8 Å². The molecule has 0 aromatic carbocycles. The molecule has 0 fully saturated rings.